The van der Waals surface area contributed by atoms with E-state index in [-0.39, 0.29) is 0 Å². The fourth-order valence-electron chi connectivity index (χ4n) is 2.75. The van der Waals surface area contributed by atoms with Gasteiger partial charge in [-0.05, 0) is 47.7 Å². The fourth-order valence-corrected chi connectivity index (χ4v) is 2.89. The molecule has 4 heteroatoms. The molecule has 3 nitrogen and oxygen atoms in total. The molecule has 112 valence electrons. The Bertz CT molecular complexity index is 815. The average Bonchev–Trinajstić information content (AvgIpc) is 2.51. The first-order chi connectivity index (χ1) is 10.6. The predicted molar refractivity (Wildman–Crippen MR) is 92.7 cm³/mol. The van der Waals surface area contributed by atoms with Gasteiger partial charge in [0.15, 0.2) is 0 Å². The van der Waals surface area contributed by atoms with Crippen molar-refractivity contribution in [1.82, 2.24) is 9.97 Å². The van der Waals surface area contributed by atoms with Crippen LogP contribution in [-0.2, 0) is 6.42 Å². The Morgan fingerprint density at radius 2 is 1.91 bits per heavy atom. The molecule has 3 rings (SSSR count). The average molecular weight is 312 g/mol. The van der Waals surface area contributed by atoms with E-state index in [9.17, 15) is 0 Å². The molecule has 1 N–H and O–H groups in total. The van der Waals surface area contributed by atoms with Crippen molar-refractivity contribution in [2.75, 3.05) is 11.9 Å². The monoisotopic (exact) mass is 311 g/mol. The number of benzene rings is 2. The van der Waals surface area contributed by atoms with E-state index in [4.69, 9.17) is 11.6 Å². The molecule has 0 atom stereocenters. The van der Waals surface area contributed by atoms with Gasteiger partial charge in [0, 0.05) is 12.6 Å². The van der Waals surface area contributed by atoms with Gasteiger partial charge in [-0.3, -0.25) is 0 Å². The Balaban J connectivity index is 1.83. The summed E-state index contributed by atoms with van der Waals surface area (Å²) in [5.74, 6) is 0.759. The highest BCUT2D eigenvalue weighted by Crippen LogP contribution is 2.25. The molecule has 0 aliphatic heterocycles. The SMILES string of the molecule is Cc1cc2ccccc2c(CCNc2cc(Cl)ncn2)c1C. The van der Waals surface area contributed by atoms with Crippen molar-refractivity contribution in [3.63, 3.8) is 0 Å². The van der Waals surface area contributed by atoms with E-state index in [0.29, 0.717) is 5.15 Å². The zero-order chi connectivity index (χ0) is 15.5. The van der Waals surface area contributed by atoms with E-state index in [2.05, 4.69) is 59.5 Å². The smallest absolute Gasteiger partial charge is 0.134 e. The highest BCUT2D eigenvalue weighted by atomic mass is 35.5. The van der Waals surface area contributed by atoms with Crippen molar-refractivity contribution in [2.24, 2.45) is 0 Å². The molecule has 22 heavy (non-hydrogen) atoms. The second kappa shape index (κ2) is 6.32. The zero-order valence-electron chi connectivity index (χ0n) is 12.7. The first-order valence-corrected chi connectivity index (χ1v) is 7.72. The first-order valence-electron chi connectivity index (χ1n) is 7.34. The summed E-state index contributed by atoms with van der Waals surface area (Å²) in [5, 5.41) is 6.39. The van der Waals surface area contributed by atoms with E-state index < -0.39 is 0 Å². The van der Waals surface area contributed by atoms with E-state index in [0.717, 1.165) is 18.8 Å². The van der Waals surface area contributed by atoms with Crippen LogP contribution < -0.4 is 5.32 Å². The fraction of sp³-hybridized carbons (Fsp3) is 0.222. The number of hydrogen-bond donors (Lipinski definition) is 1. The number of nitrogens with zero attached hydrogens (tertiary/aromatic N) is 2. The maximum absolute atomic E-state index is 5.87. The summed E-state index contributed by atoms with van der Waals surface area (Å²) in [7, 11) is 0. The molecule has 0 aliphatic carbocycles. The van der Waals surface area contributed by atoms with Crippen molar-refractivity contribution in [3.8, 4) is 0 Å². The number of rotatable bonds is 4. The largest absolute Gasteiger partial charge is 0.370 e. The Labute approximate surface area is 135 Å². The third-order valence-corrected chi connectivity index (χ3v) is 4.22. The van der Waals surface area contributed by atoms with Crippen molar-refractivity contribution < 1.29 is 0 Å². The number of hydrogen-bond acceptors (Lipinski definition) is 3. The molecule has 0 radical (unpaired) electrons. The number of halogens is 1. The molecule has 0 spiro atoms. The highest BCUT2D eigenvalue weighted by molar-refractivity contribution is 6.29. The Kier molecular flexibility index (Phi) is 4.25. The zero-order valence-corrected chi connectivity index (χ0v) is 13.5. The van der Waals surface area contributed by atoms with Crippen LogP contribution in [0.4, 0.5) is 5.82 Å². The van der Waals surface area contributed by atoms with Crippen molar-refractivity contribution in [2.45, 2.75) is 20.3 Å². The van der Waals surface area contributed by atoms with Crippen LogP contribution in [0.1, 0.15) is 16.7 Å². The van der Waals surface area contributed by atoms with Crippen LogP contribution in [0, 0.1) is 13.8 Å². The Morgan fingerprint density at radius 3 is 2.73 bits per heavy atom. The van der Waals surface area contributed by atoms with Gasteiger partial charge < -0.3 is 5.32 Å². The van der Waals surface area contributed by atoms with Crippen LogP contribution >= 0.6 is 11.6 Å². The number of anilines is 1. The second-order valence-corrected chi connectivity index (χ2v) is 5.81. The lowest BCUT2D eigenvalue weighted by Gasteiger charge is -2.14. The van der Waals surface area contributed by atoms with Crippen LogP contribution in [0.5, 0.6) is 0 Å². The van der Waals surface area contributed by atoms with E-state index >= 15 is 0 Å². The number of fused-ring (bicyclic) bond motifs is 1. The van der Waals surface area contributed by atoms with Crippen molar-refractivity contribution in [3.05, 3.63) is 64.6 Å². The van der Waals surface area contributed by atoms with Gasteiger partial charge in [-0.1, -0.05) is 41.9 Å². The first kappa shape index (κ1) is 14.8. The normalized spacial score (nSPS) is 10.9. The molecule has 0 bridgehead atoms. The molecule has 0 fully saturated rings. The van der Waals surface area contributed by atoms with Gasteiger partial charge >= 0.3 is 0 Å². The van der Waals surface area contributed by atoms with E-state index in [1.54, 1.807) is 6.07 Å². The van der Waals surface area contributed by atoms with Crippen molar-refractivity contribution in [1.29, 1.82) is 0 Å². The molecule has 0 unspecified atom stereocenters. The molecule has 1 aromatic heterocycles. The third kappa shape index (κ3) is 3.04. The molecule has 0 amide bonds. The lowest BCUT2D eigenvalue weighted by Crippen LogP contribution is -2.08. The summed E-state index contributed by atoms with van der Waals surface area (Å²) in [5.41, 5.74) is 4.09. The molecular formula is C18H18ClN3. The van der Waals surface area contributed by atoms with Crippen LogP contribution in [0.2, 0.25) is 5.15 Å². The standard InChI is InChI=1S/C18H18ClN3/c1-12-9-14-5-3-4-6-16(14)15(13(12)2)7-8-20-18-10-17(19)21-11-22-18/h3-6,9-11H,7-8H2,1-2H3,(H,20,21,22). The summed E-state index contributed by atoms with van der Waals surface area (Å²) < 4.78 is 0. The van der Waals surface area contributed by atoms with Gasteiger partial charge in [-0.2, -0.15) is 0 Å². The molecule has 1 heterocycles. The topological polar surface area (TPSA) is 37.8 Å². The minimum absolute atomic E-state index is 0.453. The highest BCUT2D eigenvalue weighted by Gasteiger charge is 2.07. The molecule has 0 saturated carbocycles. The molecule has 2 aromatic carbocycles. The summed E-state index contributed by atoms with van der Waals surface area (Å²) in [6.45, 7) is 5.17. The van der Waals surface area contributed by atoms with Gasteiger partial charge in [0.1, 0.15) is 17.3 Å². The van der Waals surface area contributed by atoms with Gasteiger partial charge in [0.25, 0.3) is 0 Å². The molecular weight excluding hydrogens is 294 g/mol. The quantitative estimate of drug-likeness (QED) is 0.718. The maximum atomic E-state index is 5.87. The minimum atomic E-state index is 0.453. The van der Waals surface area contributed by atoms with Crippen LogP contribution in [-0.4, -0.2) is 16.5 Å². The van der Waals surface area contributed by atoms with Crippen LogP contribution in [0.25, 0.3) is 10.8 Å². The summed E-state index contributed by atoms with van der Waals surface area (Å²) >= 11 is 5.87. The lowest BCUT2D eigenvalue weighted by molar-refractivity contribution is 0.993. The van der Waals surface area contributed by atoms with Crippen LogP contribution in [0.15, 0.2) is 42.7 Å². The van der Waals surface area contributed by atoms with Crippen molar-refractivity contribution >= 4 is 28.2 Å². The second-order valence-electron chi connectivity index (χ2n) is 5.42. The number of aryl methyl sites for hydroxylation is 1. The maximum Gasteiger partial charge on any atom is 0.134 e. The third-order valence-electron chi connectivity index (χ3n) is 4.02. The van der Waals surface area contributed by atoms with E-state index in [1.807, 2.05) is 0 Å². The number of aromatic nitrogens is 2. The predicted octanol–water partition coefficient (Wildman–Crippen LogP) is 4.55. The summed E-state index contributed by atoms with van der Waals surface area (Å²) in [4.78, 5) is 8.05. The summed E-state index contributed by atoms with van der Waals surface area (Å²) in [6, 6.07) is 12.5. The molecule has 3 aromatic rings. The Hall–Kier alpha value is -2.13. The minimum Gasteiger partial charge on any atom is -0.370 e. The molecule has 0 saturated heterocycles. The molecule has 0 aliphatic rings. The van der Waals surface area contributed by atoms with Gasteiger partial charge in [-0.25, -0.2) is 9.97 Å². The van der Waals surface area contributed by atoms with Gasteiger partial charge in [0.05, 0.1) is 0 Å². The van der Waals surface area contributed by atoms with Gasteiger partial charge in [-0.15, -0.1) is 0 Å². The number of nitrogens with one attached hydrogen (secondary N) is 1. The van der Waals surface area contributed by atoms with E-state index in [1.165, 1.54) is 33.8 Å². The van der Waals surface area contributed by atoms with Crippen LogP contribution in [0.3, 0.4) is 0 Å². The van der Waals surface area contributed by atoms with Gasteiger partial charge in [0.2, 0.25) is 0 Å². The Morgan fingerprint density at radius 1 is 1.09 bits per heavy atom. The lowest BCUT2D eigenvalue weighted by atomic mass is 9.93. The summed E-state index contributed by atoms with van der Waals surface area (Å²) in [6.07, 6.45) is 2.41.